The highest BCUT2D eigenvalue weighted by molar-refractivity contribution is 5.99. The fraction of sp³-hybridized carbons (Fsp3) is 0.659. The van der Waals surface area contributed by atoms with Crippen molar-refractivity contribution in [3.05, 3.63) is 30.0 Å². The van der Waals surface area contributed by atoms with Gasteiger partial charge in [-0.15, -0.1) is 0 Å². The first-order valence-corrected chi connectivity index (χ1v) is 24.5. The number of carboxylic acid groups (broad SMARTS) is 1. The number of nitrogens with zero attached hydrogens (tertiary/aromatic N) is 2. The summed E-state index contributed by atoms with van der Waals surface area (Å²) in [6.45, 7) is -1.26. The van der Waals surface area contributed by atoms with E-state index < -0.39 is 127 Å². The fourth-order valence-corrected chi connectivity index (χ4v) is 7.57. The summed E-state index contributed by atoms with van der Waals surface area (Å²) in [5, 5.41) is 57.0. The molecule has 1 fully saturated rings. The molecule has 416 valence electrons. The lowest BCUT2D eigenvalue weighted by atomic mass is 10.0. The maximum absolute atomic E-state index is 14.2. The highest BCUT2D eigenvalue weighted by Gasteiger charge is 2.40. The molecule has 0 bridgehead atoms. The van der Waals surface area contributed by atoms with Crippen molar-refractivity contribution < 1.29 is 58.5 Å². The second-order valence-corrected chi connectivity index (χ2v) is 17.4. The number of aliphatic hydroxyl groups is 2. The van der Waals surface area contributed by atoms with Crippen LogP contribution in [0.4, 0.5) is 0 Å². The molecule has 1 aromatic heterocycles. The summed E-state index contributed by atoms with van der Waals surface area (Å²) in [6, 6.07) is -9.36. The number of hydrogen-bond acceptors (Lipinski definition) is 18. The lowest BCUT2D eigenvalue weighted by molar-refractivity contribution is -0.142. The van der Waals surface area contributed by atoms with E-state index in [9.17, 15) is 58.5 Å². The normalized spacial score (nSPS) is 16.2. The molecule has 0 unspecified atom stereocenters. The van der Waals surface area contributed by atoms with Gasteiger partial charge in [-0.05, 0) is 96.7 Å². The Balaban J connectivity index is 2.23. The molecule has 0 radical (unpaired) electrons. The minimum absolute atomic E-state index is 0.0132. The SMILES string of the molecule is N=C(N)NCC/C=C(\NC(=O)[C@H](CCCCN)NC(=O)[C@H](CCc1cnc[nH]1)NC(=O)[C@@H]1CCCN1C(=O)[C@@H](CCCN)NC(=O)CNC(=O)[C@H](CO)NC(=O)[C@@H](NC(=O)[C@@H](N)CCCCN)[C@@H](O)CN)C(=O)O. The Kier molecular flexibility index (Phi) is 29.6. The summed E-state index contributed by atoms with van der Waals surface area (Å²) >= 11 is 0. The van der Waals surface area contributed by atoms with Crippen molar-refractivity contribution in [3.8, 4) is 0 Å². The summed E-state index contributed by atoms with van der Waals surface area (Å²) in [5.74, 6) is -8.63. The van der Waals surface area contributed by atoms with E-state index in [4.69, 9.17) is 39.8 Å². The standard InChI is InChI=1S/C44H78N18O12/c45-15-3-1-8-26(49)36(66)61-35(33(64)20-48)41(71)60-31(23-63)37(67)54-22-34(65)56-29(10-5-17-47)42(72)62-19-7-12-32(62)40(70)58-28(14-13-25-21-52-24-55-25)39(69)57-27(9-2-4-16-46)38(68)59-30(43(73)74)11-6-18-53-44(50)51/h11,21,24,26-29,31-33,35,63-64H,1-10,12-20,22-23,45-49H2,(H,52,55)(H,54,67)(H,56,65)(H,57,69)(H,58,70)(H,59,68)(H,60,71)(H,61,66)(H,73,74)(H4,50,51,53)/b30-11-/t26-,27-,28-,29+,31-,32-,33-,35-/m0/s1. The van der Waals surface area contributed by atoms with Crippen LogP contribution in [0.5, 0.6) is 0 Å². The number of aromatic amines is 1. The van der Waals surface area contributed by atoms with Crippen molar-refractivity contribution in [3.63, 3.8) is 0 Å². The van der Waals surface area contributed by atoms with E-state index in [0.29, 0.717) is 44.3 Å². The van der Waals surface area contributed by atoms with Gasteiger partial charge in [0, 0.05) is 31.5 Å². The summed E-state index contributed by atoms with van der Waals surface area (Å²) in [5.41, 5.74) is 33.8. The van der Waals surface area contributed by atoms with E-state index in [-0.39, 0.29) is 83.5 Å². The molecule has 30 heteroatoms. The number of amides is 8. The summed E-state index contributed by atoms with van der Waals surface area (Å²) in [6.07, 6.45) is 5.81. The number of aliphatic hydroxyl groups excluding tert-OH is 2. The number of imidazole rings is 1. The van der Waals surface area contributed by atoms with Crippen LogP contribution in [0.1, 0.15) is 82.7 Å². The predicted octanol–water partition coefficient (Wildman–Crippen LogP) is -7.53. The summed E-state index contributed by atoms with van der Waals surface area (Å²) < 4.78 is 0. The van der Waals surface area contributed by atoms with Gasteiger partial charge in [0.05, 0.1) is 31.6 Å². The van der Waals surface area contributed by atoms with Crippen LogP contribution in [0.3, 0.4) is 0 Å². The van der Waals surface area contributed by atoms with Crippen molar-refractivity contribution in [2.24, 2.45) is 34.4 Å². The predicted molar refractivity (Wildman–Crippen MR) is 267 cm³/mol. The van der Waals surface area contributed by atoms with Crippen molar-refractivity contribution in [2.75, 3.05) is 52.4 Å². The third kappa shape index (κ3) is 22.5. The molecule has 1 saturated heterocycles. The van der Waals surface area contributed by atoms with Crippen LogP contribution in [0, 0.1) is 5.41 Å². The molecule has 0 saturated carbocycles. The average molecular weight is 1050 g/mol. The molecule has 74 heavy (non-hydrogen) atoms. The molecular formula is C44H78N18O12. The molecule has 30 nitrogen and oxygen atoms in total. The van der Waals surface area contributed by atoms with Crippen LogP contribution in [-0.2, 0) is 49.6 Å². The number of guanidine groups is 1. The molecule has 0 aliphatic carbocycles. The second kappa shape index (κ2) is 34.6. The number of H-pyrrole nitrogens is 1. The van der Waals surface area contributed by atoms with Crippen LogP contribution in [0.15, 0.2) is 24.3 Å². The van der Waals surface area contributed by atoms with Crippen molar-refractivity contribution in [1.29, 1.82) is 5.41 Å². The molecule has 1 aliphatic rings. The molecule has 8 amide bonds. The van der Waals surface area contributed by atoms with Crippen LogP contribution in [0.25, 0.3) is 0 Å². The number of likely N-dealkylation sites (tertiary alicyclic amines) is 1. The van der Waals surface area contributed by atoms with Crippen LogP contribution in [0.2, 0.25) is 0 Å². The lowest BCUT2D eigenvalue weighted by Gasteiger charge is -2.30. The Labute approximate surface area is 428 Å². The maximum Gasteiger partial charge on any atom is 0.352 e. The van der Waals surface area contributed by atoms with Gasteiger partial charge in [-0.1, -0.05) is 12.5 Å². The molecule has 0 aromatic carbocycles. The van der Waals surface area contributed by atoms with Crippen LogP contribution < -0.4 is 76.9 Å². The molecule has 2 rings (SSSR count). The minimum atomic E-state index is -1.68. The van der Waals surface area contributed by atoms with Gasteiger partial charge in [-0.2, -0.15) is 0 Å². The van der Waals surface area contributed by atoms with Gasteiger partial charge in [-0.25, -0.2) is 9.78 Å². The largest absolute Gasteiger partial charge is 0.477 e. The first kappa shape index (κ1) is 63.3. The number of nitrogens with two attached hydrogens (primary N) is 6. The highest BCUT2D eigenvalue weighted by atomic mass is 16.4. The third-order valence-electron chi connectivity index (χ3n) is 11.7. The third-order valence-corrected chi connectivity index (χ3v) is 11.7. The van der Waals surface area contributed by atoms with Gasteiger partial charge in [0.15, 0.2) is 5.96 Å². The van der Waals surface area contributed by atoms with Gasteiger partial charge in [0.25, 0.3) is 0 Å². The number of rotatable bonds is 36. The van der Waals surface area contributed by atoms with Crippen molar-refractivity contribution >= 4 is 59.2 Å². The number of unbranched alkanes of at least 4 members (excludes halogenated alkanes) is 2. The number of carbonyl (C=O) groups is 9. The Morgan fingerprint density at radius 1 is 0.784 bits per heavy atom. The number of hydrogen-bond donors (Lipinski definition) is 19. The number of nitrogens with one attached hydrogen (secondary N) is 10. The smallest absolute Gasteiger partial charge is 0.352 e. The number of aliphatic carboxylic acids is 1. The van der Waals surface area contributed by atoms with Gasteiger partial charge in [0.2, 0.25) is 47.3 Å². The molecule has 1 aromatic rings. The van der Waals surface area contributed by atoms with Crippen molar-refractivity contribution in [2.45, 2.75) is 132 Å². The van der Waals surface area contributed by atoms with E-state index in [1.54, 1.807) is 0 Å². The Morgan fingerprint density at radius 3 is 2.04 bits per heavy atom. The lowest BCUT2D eigenvalue weighted by Crippen LogP contribution is -2.61. The van der Waals surface area contributed by atoms with E-state index in [1.165, 1.54) is 23.5 Å². The van der Waals surface area contributed by atoms with Gasteiger partial charge < -0.3 is 102 Å². The van der Waals surface area contributed by atoms with Gasteiger partial charge in [0.1, 0.15) is 41.9 Å². The molecule has 25 N–H and O–H groups in total. The first-order valence-electron chi connectivity index (χ1n) is 24.5. The topological polar surface area (TPSA) is 522 Å². The monoisotopic (exact) mass is 1050 g/mol. The molecule has 1 aliphatic heterocycles. The summed E-state index contributed by atoms with van der Waals surface area (Å²) in [4.78, 5) is 128. The van der Waals surface area contributed by atoms with Gasteiger partial charge in [-0.3, -0.25) is 43.8 Å². The second-order valence-electron chi connectivity index (χ2n) is 17.4. The van der Waals surface area contributed by atoms with E-state index >= 15 is 0 Å². The molecule has 0 spiro atoms. The number of carboxylic acids is 1. The zero-order valence-electron chi connectivity index (χ0n) is 41.6. The Hall–Kier alpha value is -6.83. The minimum Gasteiger partial charge on any atom is -0.477 e. The Bertz CT molecular complexity index is 2030. The molecule has 2 heterocycles. The van der Waals surface area contributed by atoms with Gasteiger partial charge >= 0.3 is 5.97 Å². The summed E-state index contributed by atoms with van der Waals surface area (Å²) in [7, 11) is 0. The number of aromatic nitrogens is 2. The van der Waals surface area contributed by atoms with Crippen LogP contribution in [-0.4, -0.2) is 190 Å². The van der Waals surface area contributed by atoms with E-state index in [0.717, 1.165) is 0 Å². The number of carbonyl (C=O) groups excluding carboxylic acids is 8. The maximum atomic E-state index is 14.2. The molecule has 8 atom stereocenters. The van der Waals surface area contributed by atoms with Crippen LogP contribution >= 0.6 is 0 Å². The zero-order chi connectivity index (χ0) is 55.2. The Morgan fingerprint density at radius 2 is 1.43 bits per heavy atom. The average Bonchev–Trinajstić information content (AvgIpc) is 4.10. The zero-order valence-corrected chi connectivity index (χ0v) is 41.6. The quantitative estimate of drug-likeness (QED) is 0.0128. The number of aryl methyl sites for hydroxylation is 1. The van der Waals surface area contributed by atoms with Crippen molar-refractivity contribution in [1.82, 2.24) is 57.4 Å². The fourth-order valence-electron chi connectivity index (χ4n) is 7.57. The first-order chi connectivity index (χ1) is 35.3. The van der Waals surface area contributed by atoms with E-state index in [2.05, 4.69) is 52.5 Å². The van der Waals surface area contributed by atoms with E-state index in [1.807, 2.05) is 0 Å². The molecular weight excluding hydrogens is 973 g/mol. The highest BCUT2D eigenvalue weighted by Crippen LogP contribution is 2.20.